The Labute approximate surface area is 137 Å². The Bertz CT molecular complexity index is 633. The van der Waals surface area contributed by atoms with E-state index in [4.69, 9.17) is 4.42 Å². The second kappa shape index (κ2) is 7.23. The van der Waals surface area contributed by atoms with Gasteiger partial charge in [0, 0.05) is 18.2 Å². The number of rotatable bonds is 5. The highest BCUT2D eigenvalue weighted by Gasteiger charge is 2.24. The average Bonchev–Trinajstić information content (AvgIpc) is 3.03. The minimum Gasteiger partial charge on any atom is -0.419 e. The van der Waals surface area contributed by atoms with Crippen molar-refractivity contribution in [1.29, 1.82) is 0 Å². The second-order valence-corrected chi connectivity index (χ2v) is 6.59. The Balaban J connectivity index is 1.62. The molecule has 1 aromatic carbocycles. The fourth-order valence-electron chi connectivity index (χ4n) is 3.35. The molecule has 0 spiro atoms. The molecule has 1 saturated carbocycles. The zero-order valence-electron chi connectivity index (χ0n) is 13.9. The van der Waals surface area contributed by atoms with Gasteiger partial charge in [-0.1, -0.05) is 18.2 Å². The SMILES string of the molecule is Cc1ccccc1-c1nnc(CN(C)C2CCC(CO)CC2)o1. The standard InChI is InChI=1S/C18H25N3O2/c1-13-5-3-4-6-16(13)18-20-19-17(23-18)11-21(2)15-9-7-14(12-22)8-10-15/h3-6,14-15,22H,7-12H2,1-2H3. The van der Waals surface area contributed by atoms with Gasteiger partial charge in [-0.05, 0) is 57.2 Å². The van der Waals surface area contributed by atoms with E-state index in [9.17, 15) is 5.11 Å². The van der Waals surface area contributed by atoms with Gasteiger partial charge in [-0.25, -0.2) is 0 Å². The van der Waals surface area contributed by atoms with Gasteiger partial charge in [0.15, 0.2) is 0 Å². The van der Waals surface area contributed by atoms with Crippen molar-refractivity contribution >= 4 is 0 Å². The van der Waals surface area contributed by atoms with Gasteiger partial charge in [0.25, 0.3) is 0 Å². The highest BCUT2D eigenvalue weighted by Crippen LogP contribution is 2.28. The van der Waals surface area contributed by atoms with Gasteiger partial charge in [-0.2, -0.15) is 0 Å². The van der Waals surface area contributed by atoms with Gasteiger partial charge in [0.05, 0.1) is 6.54 Å². The predicted molar refractivity (Wildman–Crippen MR) is 88.8 cm³/mol. The van der Waals surface area contributed by atoms with Gasteiger partial charge in [-0.3, -0.25) is 4.90 Å². The lowest BCUT2D eigenvalue weighted by atomic mass is 9.86. The van der Waals surface area contributed by atoms with E-state index in [1.165, 1.54) is 0 Å². The summed E-state index contributed by atoms with van der Waals surface area (Å²) in [6.45, 7) is 3.04. The molecule has 0 aliphatic heterocycles. The maximum atomic E-state index is 9.24. The second-order valence-electron chi connectivity index (χ2n) is 6.59. The lowest BCUT2D eigenvalue weighted by molar-refractivity contribution is 0.118. The Morgan fingerprint density at radius 3 is 2.61 bits per heavy atom. The van der Waals surface area contributed by atoms with Crippen LogP contribution in [0.25, 0.3) is 11.5 Å². The Morgan fingerprint density at radius 2 is 1.91 bits per heavy atom. The number of aliphatic hydroxyl groups excluding tert-OH is 1. The van der Waals surface area contributed by atoms with Gasteiger partial charge in [0.2, 0.25) is 11.8 Å². The van der Waals surface area contributed by atoms with Crippen LogP contribution < -0.4 is 0 Å². The molecule has 5 heteroatoms. The maximum absolute atomic E-state index is 9.24. The maximum Gasteiger partial charge on any atom is 0.248 e. The third-order valence-corrected chi connectivity index (χ3v) is 4.92. The molecule has 1 N–H and O–H groups in total. The first-order valence-electron chi connectivity index (χ1n) is 8.37. The first kappa shape index (κ1) is 16.1. The summed E-state index contributed by atoms with van der Waals surface area (Å²) in [7, 11) is 2.11. The minimum atomic E-state index is 0.319. The molecule has 0 unspecified atom stereocenters. The lowest BCUT2D eigenvalue weighted by Gasteiger charge is -2.33. The van der Waals surface area contributed by atoms with E-state index < -0.39 is 0 Å². The zero-order valence-corrected chi connectivity index (χ0v) is 13.9. The molecule has 0 bridgehead atoms. The van der Waals surface area contributed by atoms with Gasteiger partial charge < -0.3 is 9.52 Å². The monoisotopic (exact) mass is 315 g/mol. The van der Waals surface area contributed by atoms with Crippen LogP contribution in [0.2, 0.25) is 0 Å². The fraction of sp³-hybridized carbons (Fsp3) is 0.556. The molecule has 1 heterocycles. The van der Waals surface area contributed by atoms with E-state index in [1.807, 2.05) is 31.2 Å². The van der Waals surface area contributed by atoms with Crippen LogP contribution in [0.15, 0.2) is 28.7 Å². The lowest BCUT2D eigenvalue weighted by Crippen LogP contribution is -2.35. The molecular weight excluding hydrogens is 290 g/mol. The summed E-state index contributed by atoms with van der Waals surface area (Å²) in [6.07, 6.45) is 4.45. The van der Waals surface area contributed by atoms with E-state index >= 15 is 0 Å². The fourth-order valence-corrected chi connectivity index (χ4v) is 3.35. The number of aryl methyl sites for hydroxylation is 1. The number of hydrogen-bond donors (Lipinski definition) is 1. The van der Waals surface area contributed by atoms with Crippen LogP contribution >= 0.6 is 0 Å². The number of aliphatic hydroxyl groups is 1. The number of hydrogen-bond acceptors (Lipinski definition) is 5. The molecule has 2 aromatic rings. The van der Waals surface area contributed by atoms with Crippen molar-refractivity contribution in [3.05, 3.63) is 35.7 Å². The molecule has 1 aliphatic carbocycles. The number of aromatic nitrogens is 2. The van der Waals surface area contributed by atoms with E-state index in [0.29, 0.717) is 36.9 Å². The van der Waals surface area contributed by atoms with Crippen molar-refractivity contribution in [1.82, 2.24) is 15.1 Å². The molecule has 23 heavy (non-hydrogen) atoms. The van der Waals surface area contributed by atoms with Crippen LogP contribution in [0.3, 0.4) is 0 Å². The topological polar surface area (TPSA) is 62.4 Å². The summed E-state index contributed by atoms with van der Waals surface area (Å²) in [4.78, 5) is 2.29. The van der Waals surface area contributed by atoms with Crippen molar-refractivity contribution in [3.63, 3.8) is 0 Å². The molecule has 1 aromatic heterocycles. The van der Waals surface area contributed by atoms with Crippen LogP contribution in [-0.4, -0.2) is 39.9 Å². The van der Waals surface area contributed by atoms with Crippen LogP contribution in [-0.2, 0) is 6.54 Å². The largest absolute Gasteiger partial charge is 0.419 e. The molecule has 5 nitrogen and oxygen atoms in total. The summed E-state index contributed by atoms with van der Waals surface area (Å²) in [5, 5.41) is 17.6. The smallest absolute Gasteiger partial charge is 0.248 e. The van der Waals surface area contributed by atoms with Crippen molar-refractivity contribution in [2.24, 2.45) is 5.92 Å². The van der Waals surface area contributed by atoms with Crippen molar-refractivity contribution in [3.8, 4) is 11.5 Å². The molecule has 0 atom stereocenters. The molecule has 0 saturated heterocycles. The van der Waals surface area contributed by atoms with Crippen molar-refractivity contribution in [2.75, 3.05) is 13.7 Å². The molecular formula is C18H25N3O2. The summed E-state index contributed by atoms with van der Waals surface area (Å²) >= 11 is 0. The third-order valence-electron chi connectivity index (χ3n) is 4.92. The normalized spacial score (nSPS) is 21.7. The highest BCUT2D eigenvalue weighted by molar-refractivity contribution is 5.57. The molecule has 124 valence electrons. The van der Waals surface area contributed by atoms with Gasteiger partial charge >= 0.3 is 0 Å². The van der Waals surface area contributed by atoms with Crippen LogP contribution in [0.4, 0.5) is 0 Å². The van der Waals surface area contributed by atoms with Crippen molar-refractivity contribution < 1.29 is 9.52 Å². The summed E-state index contributed by atoms with van der Waals surface area (Å²) in [6, 6.07) is 8.58. The predicted octanol–water partition coefficient (Wildman–Crippen LogP) is 3.03. The molecule has 0 amide bonds. The van der Waals surface area contributed by atoms with E-state index in [2.05, 4.69) is 22.1 Å². The Hall–Kier alpha value is -1.72. The first-order valence-corrected chi connectivity index (χ1v) is 8.37. The molecule has 1 aliphatic rings. The van der Waals surface area contributed by atoms with Gasteiger partial charge in [-0.15, -0.1) is 10.2 Å². The van der Waals surface area contributed by atoms with Crippen LogP contribution in [0, 0.1) is 12.8 Å². The molecule has 0 radical (unpaired) electrons. The van der Waals surface area contributed by atoms with Crippen LogP contribution in [0.1, 0.15) is 37.1 Å². The highest BCUT2D eigenvalue weighted by atomic mass is 16.4. The summed E-state index contributed by atoms with van der Waals surface area (Å²) in [5.41, 5.74) is 2.13. The number of nitrogens with zero attached hydrogens (tertiary/aromatic N) is 3. The zero-order chi connectivity index (χ0) is 16.2. The number of benzene rings is 1. The Kier molecular flexibility index (Phi) is 5.08. The Morgan fingerprint density at radius 1 is 1.17 bits per heavy atom. The first-order chi connectivity index (χ1) is 11.2. The van der Waals surface area contributed by atoms with Gasteiger partial charge in [0.1, 0.15) is 0 Å². The van der Waals surface area contributed by atoms with E-state index in [0.717, 1.165) is 36.8 Å². The quantitative estimate of drug-likeness (QED) is 0.919. The summed E-state index contributed by atoms with van der Waals surface area (Å²) in [5.74, 6) is 1.74. The average molecular weight is 315 g/mol. The van der Waals surface area contributed by atoms with Crippen LogP contribution in [0.5, 0.6) is 0 Å². The molecule has 1 fully saturated rings. The summed E-state index contributed by atoms with van der Waals surface area (Å²) < 4.78 is 5.85. The third kappa shape index (κ3) is 3.79. The van der Waals surface area contributed by atoms with E-state index in [1.54, 1.807) is 0 Å². The van der Waals surface area contributed by atoms with E-state index in [-0.39, 0.29) is 0 Å². The van der Waals surface area contributed by atoms with Crippen molar-refractivity contribution in [2.45, 2.75) is 45.2 Å². The minimum absolute atomic E-state index is 0.319. The molecule has 3 rings (SSSR count).